The number of allylic oxidation sites excluding steroid dienone is 8. The summed E-state index contributed by atoms with van der Waals surface area (Å²) in [4.78, 5) is -0.0666. The molecule has 8 aromatic carbocycles. The number of benzene rings is 8. The molecule has 0 radical (unpaired) electrons. The fraction of sp³-hybridized carbons (Fsp3) is 0.143. The third-order valence-corrected chi connectivity index (χ3v) is 15.2. The number of hydrogen-bond acceptors (Lipinski definition) is 2. The van der Waals surface area contributed by atoms with Crippen molar-refractivity contribution in [3.63, 3.8) is 0 Å². The van der Waals surface area contributed by atoms with Gasteiger partial charge in [0, 0.05) is 22.4 Å². The summed E-state index contributed by atoms with van der Waals surface area (Å²) < 4.78 is 31.0. The van der Waals surface area contributed by atoms with Crippen LogP contribution >= 0.6 is 0 Å². The van der Waals surface area contributed by atoms with E-state index in [1.54, 1.807) is 12.1 Å². The lowest BCUT2D eigenvalue weighted by molar-refractivity contribution is 0.483. The van der Waals surface area contributed by atoms with Gasteiger partial charge in [0.25, 0.3) is 10.1 Å². The zero-order valence-corrected chi connectivity index (χ0v) is 40.8. The van der Waals surface area contributed by atoms with Crippen LogP contribution in [0.2, 0.25) is 0 Å². The SMILES string of the molecule is C[N+]1(C)C(C=CC2=C(c3ccccc3)C(=CC=C3C(c4ccccc4)c4ccc5ccccc5c4[N+]3(C)C)CCC2)=C(c2ccccc2)c2ccc3ccccc3c21.Cc1ccc(S(=O)(=O)O)cc1. The molecule has 342 valence electrons. The fourth-order valence-corrected chi connectivity index (χ4v) is 11.6. The molecule has 1 atom stereocenters. The Labute approximate surface area is 407 Å². The van der Waals surface area contributed by atoms with Crippen LogP contribution in [0.4, 0.5) is 11.4 Å². The Morgan fingerprint density at radius 3 is 1.71 bits per heavy atom. The number of nitrogens with zero attached hydrogens (tertiary/aromatic N) is 2. The van der Waals surface area contributed by atoms with Gasteiger partial charge in [-0.25, -0.2) is 0 Å². The predicted molar refractivity (Wildman–Crippen MR) is 289 cm³/mol. The molecular weight excluding hydrogens is 865 g/mol. The van der Waals surface area contributed by atoms with Crippen LogP contribution in [-0.2, 0) is 10.1 Å². The van der Waals surface area contributed by atoms with Crippen LogP contribution in [0.3, 0.4) is 0 Å². The van der Waals surface area contributed by atoms with Crippen molar-refractivity contribution in [2.24, 2.45) is 0 Å². The van der Waals surface area contributed by atoms with Crippen LogP contribution in [0.15, 0.2) is 240 Å². The predicted octanol–water partition coefficient (Wildman–Crippen LogP) is 15.0. The molecule has 69 heavy (non-hydrogen) atoms. The largest absolute Gasteiger partial charge is 0.294 e. The molecule has 0 spiro atoms. The van der Waals surface area contributed by atoms with Crippen LogP contribution in [0.25, 0.3) is 32.7 Å². The van der Waals surface area contributed by atoms with Crippen molar-refractivity contribution in [3.05, 3.63) is 268 Å². The van der Waals surface area contributed by atoms with E-state index in [1.165, 1.54) is 107 Å². The van der Waals surface area contributed by atoms with Gasteiger partial charge < -0.3 is 0 Å². The fourth-order valence-electron chi connectivity index (χ4n) is 11.1. The van der Waals surface area contributed by atoms with Crippen LogP contribution in [0, 0.1) is 6.92 Å². The van der Waals surface area contributed by atoms with Crippen molar-refractivity contribution >= 4 is 54.2 Å². The lowest BCUT2D eigenvalue weighted by atomic mass is 9.82. The maximum Gasteiger partial charge on any atom is 0.294 e. The quantitative estimate of drug-likeness (QED) is 0.128. The highest BCUT2D eigenvalue weighted by molar-refractivity contribution is 7.85. The van der Waals surface area contributed by atoms with E-state index in [0.717, 1.165) is 29.3 Å². The Morgan fingerprint density at radius 1 is 0.536 bits per heavy atom. The number of fused-ring (bicyclic) bond motifs is 6. The minimum atomic E-state index is -4.02. The van der Waals surface area contributed by atoms with Crippen LogP contribution in [0.5, 0.6) is 0 Å². The first kappa shape index (κ1) is 45.6. The molecule has 1 N–H and O–H groups in total. The topological polar surface area (TPSA) is 54.4 Å². The average molecular weight is 923 g/mol. The minimum absolute atomic E-state index is 0.0666. The van der Waals surface area contributed by atoms with Crippen molar-refractivity contribution in [2.75, 3.05) is 28.2 Å². The molecule has 1 aliphatic carbocycles. The Kier molecular flexibility index (Phi) is 12.1. The van der Waals surface area contributed by atoms with Crippen molar-refractivity contribution < 1.29 is 13.0 Å². The lowest BCUT2D eigenvalue weighted by Gasteiger charge is -2.28. The smallest absolute Gasteiger partial charge is 0.282 e. The molecule has 1 unspecified atom stereocenters. The van der Waals surface area contributed by atoms with Gasteiger partial charge in [0.15, 0.2) is 5.69 Å². The first-order valence-corrected chi connectivity index (χ1v) is 25.3. The standard InChI is InChI=1S/C56H50N2.C7H8O3S/c1-57(2)50(53(42-23-10-6-11-24-42)48-35-31-39-19-14-16-29-46(39)55(48)57)37-33-44-27-18-28-45(52(44)41-21-8-5-9-22-41)34-38-51-54(43-25-12-7-13-26-43)49-36-32-40-20-15-17-30-47(40)56(49)58(51,3)4;1-6-2-4-7(5-3-6)11(8,9)10/h5-17,19-26,29-38,53H,18,27-28H2,1-4H3;2-5H,1H3,(H,8,9,10)/q+2;. The van der Waals surface area contributed by atoms with Gasteiger partial charge in [-0.3, -0.25) is 13.5 Å². The Bertz CT molecular complexity index is 3530. The molecule has 0 aromatic heterocycles. The van der Waals surface area contributed by atoms with E-state index in [-0.39, 0.29) is 10.8 Å². The first-order valence-electron chi connectivity index (χ1n) is 23.8. The summed E-state index contributed by atoms with van der Waals surface area (Å²) >= 11 is 0. The Morgan fingerprint density at radius 2 is 1.09 bits per heavy atom. The molecule has 2 aliphatic heterocycles. The van der Waals surface area contributed by atoms with Crippen molar-refractivity contribution in [1.29, 1.82) is 0 Å². The normalized spacial score (nSPS) is 18.5. The van der Waals surface area contributed by atoms with Crippen molar-refractivity contribution in [3.8, 4) is 0 Å². The van der Waals surface area contributed by atoms with Crippen molar-refractivity contribution in [1.82, 2.24) is 8.97 Å². The second-order valence-electron chi connectivity index (χ2n) is 19.3. The molecule has 0 fully saturated rings. The van der Waals surface area contributed by atoms with Crippen LogP contribution in [-0.4, -0.2) is 41.2 Å². The highest BCUT2D eigenvalue weighted by atomic mass is 32.2. The molecule has 6 heteroatoms. The van der Waals surface area contributed by atoms with Gasteiger partial charge in [-0.1, -0.05) is 175 Å². The third-order valence-electron chi connectivity index (χ3n) is 14.3. The molecule has 2 heterocycles. The molecule has 8 aromatic rings. The Balaban J connectivity index is 0.000000445. The summed E-state index contributed by atoms with van der Waals surface area (Å²) in [6.07, 6.45) is 13.1. The van der Waals surface area contributed by atoms with E-state index >= 15 is 0 Å². The average Bonchev–Trinajstić information content (AvgIpc) is 3.74. The number of likely N-dealkylation sites (N-methyl/N-ethyl adjacent to an activating group) is 2. The van der Waals surface area contributed by atoms with Crippen LogP contribution in [0.1, 0.15) is 58.6 Å². The third kappa shape index (κ3) is 8.55. The van der Waals surface area contributed by atoms with E-state index in [1.807, 2.05) is 6.92 Å². The summed E-state index contributed by atoms with van der Waals surface area (Å²) in [5.74, 6) is 0.170. The van der Waals surface area contributed by atoms with E-state index < -0.39 is 10.1 Å². The van der Waals surface area contributed by atoms with Gasteiger partial charge in [-0.2, -0.15) is 8.42 Å². The molecule has 0 saturated heterocycles. The molecular formula is C63H58N2O3S+2. The molecule has 5 nitrogen and oxygen atoms in total. The summed E-state index contributed by atoms with van der Waals surface area (Å²) in [5.41, 5.74) is 18.5. The highest BCUT2D eigenvalue weighted by Crippen LogP contribution is 2.54. The van der Waals surface area contributed by atoms with Gasteiger partial charge in [-0.05, 0) is 107 Å². The molecule has 11 rings (SSSR count). The maximum absolute atomic E-state index is 10.5. The van der Waals surface area contributed by atoms with Gasteiger partial charge in [-0.15, -0.1) is 0 Å². The van der Waals surface area contributed by atoms with Gasteiger partial charge in [0.05, 0.1) is 50.1 Å². The lowest BCUT2D eigenvalue weighted by Crippen LogP contribution is -2.37. The zero-order chi connectivity index (χ0) is 47.9. The van der Waals surface area contributed by atoms with E-state index in [0.29, 0.717) is 4.48 Å². The number of aryl methyl sites for hydroxylation is 1. The van der Waals surface area contributed by atoms with Gasteiger partial charge >= 0.3 is 0 Å². The zero-order valence-electron chi connectivity index (χ0n) is 40.0. The maximum atomic E-state index is 10.5. The van der Waals surface area contributed by atoms with Crippen LogP contribution < -0.4 is 8.97 Å². The minimum Gasteiger partial charge on any atom is -0.282 e. The summed E-state index contributed by atoms with van der Waals surface area (Å²) in [6, 6.07) is 66.2. The molecule has 3 aliphatic rings. The van der Waals surface area contributed by atoms with Gasteiger partial charge in [0.1, 0.15) is 17.1 Å². The van der Waals surface area contributed by atoms with E-state index in [4.69, 9.17) is 4.55 Å². The number of hydrogen-bond donors (Lipinski definition) is 1. The number of rotatable bonds is 7. The molecule has 0 bridgehead atoms. The second-order valence-corrected chi connectivity index (χ2v) is 20.7. The molecule has 0 amide bonds. The molecule has 0 saturated carbocycles. The highest BCUT2D eigenvalue weighted by Gasteiger charge is 2.46. The summed E-state index contributed by atoms with van der Waals surface area (Å²) in [7, 11) is 5.45. The summed E-state index contributed by atoms with van der Waals surface area (Å²) in [5, 5.41) is 5.23. The second kappa shape index (κ2) is 18.4. The van der Waals surface area contributed by atoms with Crippen molar-refractivity contribution in [2.45, 2.75) is 37.0 Å². The van der Waals surface area contributed by atoms with E-state index in [9.17, 15) is 8.42 Å². The Hall–Kier alpha value is -7.19. The monoisotopic (exact) mass is 922 g/mol. The first-order chi connectivity index (χ1) is 33.3. The number of quaternary nitrogens is 2. The van der Waals surface area contributed by atoms with Gasteiger partial charge in [0.2, 0.25) is 0 Å². The van der Waals surface area contributed by atoms with E-state index in [2.05, 4.69) is 216 Å². The summed E-state index contributed by atoms with van der Waals surface area (Å²) in [6.45, 7) is 1.84.